The molecule has 0 aromatic rings. The Morgan fingerprint density at radius 3 is 1.70 bits per heavy atom. The molecule has 11 nitrogen and oxygen atoms in total. The van der Waals surface area contributed by atoms with E-state index in [2.05, 4.69) is 55.6 Å². The van der Waals surface area contributed by atoms with Crippen LogP contribution in [0.4, 0.5) is 0 Å². The number of phosphoric acid groups is 1. The molecule has 0 fully saturated rings. The fourth-order valence-corrected chi connectivity index (χ4v) is 5.63. The number of rotatable bonds is 35. The van der Waals surface area contributed by atoms with Crippen molar-refractivity contribution in [3.63, 3.8) is 0 Å². The Morgan fingerprint density at radius 1 is 0.640 bits per heavy atom. The molecule has 0 aliphatic rings. The van der Waals surface area contributed by atoms with Crippen molar-refractivity contribution in [2.45, 2.75) is 167 Å². The third kappa shape index (κ3) is 32.9. The number of aliphatic hydroxyl groups is 1. The number of hydrogen-bond acceptors (Lipinski definition) is 8. The van der Waals surface area contributed by atoms with Gasteiger partial charge in [-0.3, -0.25) is 18.6 Å². The maximum absolute atomic E-state index is 12.2. The number of carbonyl (C=O) groups excluding carboxylic acids is 2. The largest absolute Gasteiger partial charge is 0.480 e. The van der Waals surface area contributed by atoms with E-state index < -0.39 is 57.6 Å². The second-order valence-corrected chi connectivity index (χ2v) is 14.2. The van der Waals surface area contributed by atoms with Gasteiger partial charge in [0.15, 0.2) is 6.04 Å². The maximum Gasteiger partial charge on any atom is 0.472 e. The number of carboxylic acids is 1. The van der Waals surface area contributed by atoms with Crippen molar-refractivity contribution in [3.8, 4) is 0 Å². The van der Waals surface area contributed by atoms with E-state index in [9.17, 15) is 34.1 Å². The van der Waals surface area contributed by atoms with Crippen molar-refractivity contribution in [3.05, 3.63) is 36.5 Å². The third-order valence-electron chi connectivity index (χ3n) is 7.90. The molecule has 0 heterocycles. The van der Waals surface area contributed by atoms with Gasteiger partial charge in [0.05, 0.1) is 13.2 Å². The number of unbranched alkanes of at least 4 members (excludes halogenated alkanes) is 15. The summed E-state index contributed by atoms with van der Waals surface area (Å²) >= 11 is 0. The Hall–Kier alpha value is -2.30. The molecule has 0 aromatic heterocycles. The highest BCUT2D eigenvalue weighted by molar-refractivity contribution is 7.47. The normalized spacial score (nSPS) is 14.3. The summed E-state index contributed by atoms with van der Waals surface area (Å²) in [5, 5.41) is 21.7. The summed E-state index contributed by atoms with van der Waals surface area (Å²) in [7, 11) is -4.75. The number of aliphatic carboxylic acids is 1. The zero-order valence-electron chi connectivity index (χ0n) is 30.9. The van der Waals surface area contributed by atoms with Gasteiger partial charge in [0, 0.05) is 12.8 Å². The van der Waals surface area contributed by atoms with E-state index in [0.29, 0.717) is 12.8 Å². The molecule has 0 aromatic carbocycles. The van der Waals surface area contributed by atoms with E-state index in [0.717, 1.165) is 83.5 Å². The topological polar surface area (TPSA) is 169 Å². The van der Waals surface area contributed by atoms with Gasteiger partial charge in [-0.1, -0.05) is 115 Å². The zero-order valence-corrected chi connectivity index (χ0v) is 31.8. The molecule has 12 heteroatoms. The van der Waals surface area contributed by atoms with Gasteiger partial charge in [0.2, 0.25) is 5.91 Å². The number of allylic oxidation sites excluding steroid dienone is 6. The van der Waals surface area contributed by atoms with Crippen molar-refractivity contribution in [2.75, 3.05) is 19.8 Å². The first-order valence-electron chi connectivity index (χ1n) is 19.0. The molecule has 0 spiro atoms. The van der Waals surface area contributed by atoms with E-state index in [1.54, 1.807) is 0 Å². The molecule has 4 N–H and O–H groups in total. The summed E-state index contributed by atoms with van der Waals surface area (Å²) in [5.41, 5.74) is 0. The van der Waals surface area contributed by atoms with E-state index >= 15 is 0 Å². The van der Waals surface area contributed by atoms with Gasteiger partial charge < -0.3 is 25.2 Å². The van der Waals surface area contributed by atoms with Crippen molar-refractivity contribution in [1.29, 1.82) is 0 Å². The maximum atomic E-state index is 12.2. The van der Waals surface area contributed by atoms with Crippen LogP contribution in [0.5, 0.6) is 0 Å². The molecule has 0 bridgehead atoms. The van der Waals surface area contributed by atoms with Crippen molar-refractivity contribution in [1.82, 2.24) is 5.32 Å². The number of carboxylic acid groups (broad SMARTS) is 1. The lowest BCUT2D eigenvalue weighted by molar-refractivity contribution is -0.147. The predicted molar refractivity (Wildman–Crippen MR) is 199 cm³/mol. The molecule has 50 heavy (non-hydrogen) atoms. The lowest BCUT2D eigenvalue weighted by Gasteiger charge is -2.18. The summed E-state index contributed by atoms with van der Waals surface area (Å²) in [6.07, 6.45) is 33.2. The van der Waals surface area contributed by atoms with Gasteiger partial charge in [-0.15, -0.1) is 0 Å². The Balaban J connectivity index is 4.00. The van der Waals surface area contributed by atoms with Crippen molar-refractivity contribution in [2.24, 2.45) is 0 Å². The fraction of sp³-hybridized carbons (Fsp3) is 0.763. The highest BCUT2D eigenvalue weighted by atomic mass is 31.2. The summed E-state index contributed by atoms with van der Waals surface area (Å²) < 4.78 is 26.7. The first-order valence-corrected chi connectivity index (χ1v) is 20.5. The molecule has 0 aliphatic heterocycles. The van der Waals surface area contributed by atoms with Gasteiger partial charge in [-0.05, 0) is 64.2 Å². The first kappa shape index (κ1) is 47.7. The molecule has 3 unspecified atom stereocenters. The SMILES string of the molecule is CCCC/C=C\C/C=C\CCCCCCCC(=O)OCC(O)COP(=O)(O)OCC(NC(=O)CCCCCCC/C=C\CCCCC)C(=O)O. The summed E-state index contributed by atoms with van der Waals surface area (Å²) in [6, 6.07) is -1.55. The van der Waals surface area contributed by atoms with Gasteiger partial charge in [-0.2, -0.15) is 0 Å². The Bertz CT molecular complexity index is 1000. The van der Waals surface area contributed by atoms with Gasteiger partial charge in [0.25, 0.3) is 0 Å². The van der Waals surface area contributed by atoms with Crippen LogP contribution < -0.4 is 5.32 Å². The Morgan fingerprint density at radius 2 is 1.12 bits per heavy atom. The van der Waals surface area contributed by atoms with Crippen LogP contribution >= 0.6 is 7.82 Å². The zero-order chi connectivity index (χ0) is 37.1. The lowest BCUT2D eigenvalue weighted by atomic mass is 10.1. The van der Waals surface area contributed by atoms with E-state index in [1.165, 1.54) is 32.1 Å². The molecule has 0 saturated heterocycles. The Labute approximate surface area is 301 Å². The van der Waals surface area contributed by atoms with Crippen LogP contribution in [-0.4, -0.2) is 64.9 Å². The monoisotopic (exact) mass is 729 g/mol. The quantitative estimate of drug-likeness (QED) is 0.0214. The predicted octanol–water partition coefficient (Wildman–Crippen LogP) is 8.88. The number of aliphatic hydroxyl groups excluding tert-OH is 1. The van der Waals surface area contributed by atoms with Gasteiger partial charge in [-0.25, -0.2) is 9.36 Å². The number of phosphoric ester groups is 1. The first-order chi connectivity index (χ1) is 24.1. The van der Waals surface area contributed by atoms with E-state index in [1.807, 2.05) is 0 Å². The average Bonchev–Trinajstić information content (AvgIpc) is 3.08. The van der Waals surface area contributed by atoms with E-state index in [-0.39, 0.29) is 12.8 Å². The summed E-state index contributed by atoms with van der Waals surface area (Å²) in [5.74, 6) is -2.41. The standard InChI is InChI=1S/C38H68NO10P/c1-3-5-7-9-11-13-15-17-18-20-22-24-26-28-30-37(42)47-31-34(40)32-48-50(45,46)49-33-35(38(43)44)39-36(41)29-27-25-23-21-19-16-14-12-10-8-6-4-2/h9,11-12,14-15,17,34-35,40H,3-8,10,13,16,18-33H2,1-2H3,(H,39,41)(H,43,44)(H,45,46)/b11-9-,14-12-,17-15-. The van der Waals surface area contributed by atoms with Gasteiger partial charge >= 0.3 is 19.8 Å². The number of amides is 1. The minimum Gasteiger partial charge on any atom is -0.480 e. The summed E-state index contributed by atoms with van der Waals surface area (Å²) in [4.78, 5) is 45.6. The second-order valence-electron chi connectivity index (χ2n) is 12.8. The number of carbonyl (C=O) groups is 3. The number of nitrogens with one attached hydrogen (secondary N) is 1. The Kier molecular flexibility index (Phi) is 32.3. The highest BCUT2D eigenvalue weighted by Crippen LogP contribution is 2.43. The van der Waals surface area contributed by atoms with Crippen LogP contribution in [0.2, 0.25) is 0 Å². The molecular formula is C38H68NO10P. The fourth-order valence-electron chi connectivity index (χ4n) is 4.85. The molecule has 0 rings (SSSR count). The molecule has 3 atom stereocenters. The molecule has 290 valence electrons. The molecule has 1 amide bonds. The van der Waals surface area contributed by atoms with Gasteiger partial charge in [0.1, 0.15) is 12.7 Å². The molecule has 0 radical (unpaired) electrons. The minimum atomic E-state index is -4.75. The van der Waals surface area contributed by atoms with Crippen LogP contribution in [0.15, 0.2) is 36.5 Å². The average molecular weight is 730 g/mol. The van der Waals surface area contributed by atoms with Crippen LogP contribution in [0.1, 0.15) is 155 Å². The summed E-state index contributed by atoms with van der Waals surface area (Å²) in [6.45, 7) is 2.47. The van der Waals surface area contributed by atoms with Crippen LogP contribution in [0.3, 0.4) is 0 Å². The number of esters is 1. The highest BCUT2D eigenvalue weighted by Gasteiger charge is 2.28. The lowest BCUT2D eigenvalue weighted by Crippen LogP contribution is -2.43. The van der Waals surface area contributed by atoms with Crippen molar-refractivity contribution >= 4 is 25.7 Å². The van der Waals surface area contributed by atoms with Crippen LogP contribution in [0.25, 0.3) is 0 Å². The van der Waals surface area contributed by atoms with E-state index in [4.69, 9.17) is 13.8 Å². The van der Waals surface area contributed by atoms with Crippen molar-refractivity contribution < 1.29 is 47.8 Å². The number of hydrogen-bond donors (Lipinski definition) is 4. The van der Waals surface area contributed by atoms with Crippen LogP contribution in [0, 0.1) is 0 Å². The number of ether oxygens (including phenoxy) is 1. The molecule has 0 saturated carbocycles. The smallest absolute Gasteiger partial charge is 0.472 e. The van der Waals surface area contributed by atoms with Crippen LogP contribution in [-0.2, 0) is 32.7 Å². The minimum absolute atomic E-state index is 0.134. The second kappa shape index (κ2) is 33.8. The third-order valence-corrected chi connectivity index (χ3v) is 8.85. The molecular weight excluding hydrogens is 661 g/mol. The molecule has 0 aliphatic carbocycles.